The lowest BCUT2D eigenvalue weighted by Crippen LogP contribution is -2.54. The van der Waals surface area contributed by atoms with Crippen LogP contribution in [0.2, 0.25) is 0 Å². The zero-order chi connectivity index (χ0) is 19.4. The molecule has 3 heteroatoms. The molecule has 0 aromatic rings. The first-order valence-corrected chi connectivity index (χ1v) is 11.7. The van der Waals surface area contributed by atoms with E-state index in [1.807, 2.05) is 0 Å². The van der Waals surface area contributed by atoms with Crippen LogP contribution in [-0.2, 0) is 4.79 Å². The fourth-order valence-electron chi connectivity index (χ4n) is 8.76. The minimum Gasteiger partial charge on any atom is -0.481 e. The van der Waals surface area contributed by atoms with Gasteiger partial charge in [0.1, 0.15) is 0 Å². The van der Waals surface area contributed by atoms with E-state index in [4.69, 9.17) is 5.11 Å². The fourth-order valence-corrected chi connectivity index (χ4v) is 8.76. The van der Waals surface area contributed by atoms with E-state index >= 15 is 0 Å². The van der Waals surface area contributed by atoms with E-state index in [9.17, 15) is 9.90 Å². The van der Waals surface area contributed by atoms with Gasteiger partial charge in [-0.05, 0) is 111 Å². The van der Waals surface area contributed by atoms with E-state index in [0.29, 0.717) is 29.1 Å². The van der Waals surface area contributed by atoms with Gasteiger partial charge < -0.3 is 10.2 Å². The van der Waals surface area contributed by atoms with Crippen LogP contribution in [0.5, 0.6) is 0 Å². The summed E-state index contributed by atoms with van der Waals surface area (Å²) in [5.74, 6) is 3.91. The van der Waals surface area contributed by atoms with Crippen molar-refractivity contribution < 1.29 is 15.0 Å². The van der Waals surface area contributed by atoms with E-state index in [1.54, 1.807) is 0 Å². The molecule has 0 bridgehead atoms. The van der Waals surface area contributed by atoms with Crippen molar-refractivity contribution in [1.29, 1.82) is 0 Å². The van der Waals surface area contributed by atoms with E-state index in [1.165, 1.54) is 44.9 Å². The monoisotopic (exact) mass is 392 g/mol. The topological polar surface area (TPSA) is 57.5 Å². The van der Waals surface area contributed by atoms with E-state index in [-0.39, 0.29) is 13.5 Å². The minimum atomic E-state index is -0.643. The van der Waals surface area contributed by atoms with Gasteiger partial charge in [-0.1, -0.05) is 28.2 Å². The van der Waals surface area contributed by atoms with Crippen LogP contribution in [0.25, 0.3) is 0 Å². The Labute approximate surface area is 172 Å². The molecule has 4 aliphatic carbocycles. The highest BCUT2D eigenvalue weighted by Crippen LogP contribution is 2.68. The zero-order valence-electron chi connectivity index (χ0n) is 17.6. The largest absolute Gasteiger partial charge is 0.481 e. The highest BCUT2D eigenvalue weighted by atomic mass is 16.4. The molecule has 0 amide bonds. The van der Waals surface area contributed by atoms with Crippen LogP contribution in [0.4, 0.5) is 0 Å². The maximum atomic E-state index is 11.0. The Morgan fingerprint density at radius 3 is 2.39 bits per heavy atom. The molecule has 0 saturated heterocycles. The van der Waals surface area contributed by atoms with Gasteiger partial charge >= 0.3 is 5.97 Å². The summed E-state index contributed by atoms with van der Waals surface area (Å²) in [4.78, 5) is 11.0. The first-order valence-electron chi connectivity index (χ1n) is 11.7. The Bertz CT molecular complexity index is 574. The number of carboxylic acid groups (broad SMARTS) is 1. The molecule has 0 aromatic heterocycles. The van der Waals surface area contributed by atoms with Crippen molar-refractivity contribution >= 4 is 5.97 Å². The fraction of sp³-hybridized carbons (Fsp3) is 0.960. The van der Waals surface area contributed by atoms with Gasteiger partial charge in [-0.15, -0.1) is 0 Å². The Balaban J connectivity index is 0.00000225. The molecule has 28 heavy (non-hydrogen) atoms. The van der Waals surface area contributed by atoms with Gasteiger partial charge in [0, 0.05) is 6.42 Å². The number of aliphatic hydroxyl groups is 1. The number of rotatable bonds is 4. The predicted octanol–water partition coefficient (Wildman–Crippen LogP) is 6.14. The minimum absolute atomic E-state index is 0. The molecule has 4 rings (SSSR count). The Morgan fingerprint density at radius 2 is 1.68 bits per heavy atom. The van der Waals surface area contributed by atoms with Crippen LogP contribution in [0.3, 0.4) is 0 Å². The van der Waals surface area contributed by atoms with Gasteiger partial charge in [0.2, 0.25) is 0 Å². The van der Waals surface area contributed by atoms with Crippen molar-refractivity contribution in [2.75, 3.05) is 0 Å². The van der Waals surface area contributed by atoms with Crippen molar-refractivity contribution in [2.45, 2.75) is 105 Å². The smallest absolute Gasteiger partial charge is 0.303 e. The third kappa shape index (κ3) is 3.44. The van der Waals surface area contributed by atoms with Crippen LogP contribution >= 0.6 is 0 Å². The molecular formula is C25H44O3. The maximum Gasteiger partial charge on any atom is 0.303 e. The average Bonchev–Trinajstić information content (AvgIpc) is 2.97. The molecule has 162 valence electrons. The average molecular weight is 393 g/mol. The summed E-state index contributed by atoms with van der Waals surface area (Å²) >= 11 is 0. The molecule has 4 fully saturated rings. The second kappa shape index (κ2) is 7.93. The predicted molar refractivity (Wildman–Crippen MR) is 114 cm³/mol. The van der Waals surface area contributed by atoms with Crippen LogP contribution < -0.4 is 0 Å². The number of carbonyl (C=O) groups is 1. The molecule has 0 spiro atoms. The van der Waals surface area contributed by atoms with Gasteiger partial charge in [0.05, 0.1) is 6.10 Å². The second-order valence-electron chi connectivity index (χ2n) is 11.2. The van der Waals surface area contributed by atoms with Crippen LogP contribution in [0.1, 0.15) is 98.8 Å². The summed E-state index contributed by atoms with van der Waals surface area (Å²) < 4.78 is 0. The number of fused-ring (bicyclic) bond motifs is 5. The van der Waals surface area contributed by atoms with Gasteiger partial charge in [-0.2, -0.15) is 0 Å². The number of carboxylic acids is 1. The first kappa shape index (κ1) is 22.1. The molecule has 2 N–H and O–H groups in total. The molecule has 0 aliphatic heterocycles. The zero-order valence-corrected chi connectivity index (χ0v) is 17.6. The van der Waals surface area contributed by atoms with Crippen molar-refractivity contribution in [3.63, 3.8) is 0 Å². The Kier molecular flexibility index (Phi) is 6.26. The molecule has 0 aromatic carbocycles. The summed E-state index contributed by atoms with van der Waals surface area (Å²) in [7, 11) is 0. The molecule has 1 unspecified atom stereocenters. The number of hydrogen-bond donors (Lipinski definition) is 2. The van der Waals surface area contributed by atoms with Gasteiger partial charge in [0.25, 0.3) is 0 Å². The van der Waals surface area contributed by atoms with E-state index in [0.717, 1.165) is 42.9 Å². The summed E-state index contributed by atoms with van der Waals surface area (Å²) in [5.41, 5.74) is 0.882. The SMILES string of the molecule is C.C[C@H](CCC(=O)O)[C@H]1CC[C@H]2C3CC[C@@H]4C[C@H](O)CC[C@]4(C)[C@H]3CC[C@]12C. The molecule has 0 heterocycles. The summed E-state index contributed by atoms with van der Waals surface area (Å²) in [6.45, 7) is 7.43. The lowest BCUT2D eigenvalue weighted by Gasteiger charge is -2.61. The standard InChI is InChI=1S/C24H40O3.CH4/c1-15(4-9-22(26)27)19-7-8-20-18-6-5-16-14-17(25)10-12-23(16,2)21(18)11-13-24(19,20)3;/h15-21,25H,4-14H2,1-3H3,(H,26,27);1H4/t15-,16-,17-,18?,19-,20+,21+,23+,24-;/m1./s1. The lowest BCUT2D eigenvalue weighted by atomic mass is 9.44. The Morgan fingerprint density at radius 1 is 1.00 bits per heavy atom. The van der Waals surface area contributed by atoms with Gasteiger partial charge in [0.15, 0.2) is 0 Å². The summed E-state index contributed by atoms with van der Waals surface area (Å²) in [6, 6.07) is 0. The molecule has 4 saturated carbocycles. The summed E-state index contributed by atoms with van der Waals surface area (Å²) in [6.07, 6.45) is 12.4. The van der Waals surface area contributed by atoms with Crippen molar-refractivity contribution in [2.24, 2.45) is 46.3 Å². The maximum absolute atomic E-state index is 11.0. The Hall–Kier alpha value is -0.570. The molecular weight excluding hydrogens is 348 g/mol. The highest BCUT2D eigenvalue weighted by molar-refractivity contribution is 5.66. The number of hydrogen-bond acceptors (Lipinski definition) is 2. The first-order chi connectivity index (χ1) is 12.8. The number of aliphatic hydroxyl groups excluding tert-OH is 1. The van der Waals surface area contributed by atoms with Crippen LogP contribution in [0, 0.1) is 46.3 Å². The second-order valence-corrected chi connectivity index (χ2v) is 11.2. The van der Waals surface area contributed by atoms with Gasteiger partial charge in [-0.3, -0.25) is 4.79 Å². The van der Waals surface area contributed by atoms with Crippen LogP contribution in [0.15, 0.2) is 0 Å². The lowest BCUT2D eigenvalue weighted by molar-refractivity contribution is -0.138. The van der Waals surface area contributed by atoms with Crippen LogP contribution in [-0.4, -0.2) is 22.3 Å². The molecule has 4 aliphatic rings. The van der Waals surface area contributed by atoms with E-state index in [2.05, 4.69) is 20.8 Å². The molecule has 9 atom stereocenters. The van der Waals surface area contributed by atoms with E-state index < -0.39 is 5.97 Å². The normalized spacial score (nSPS) is 48.6. The third-order valence-electron chi connectivity index (χ3n) is 10.2. The van der Waals surface area contributed by atoms with Crippen molar-refractivity contribution in [1.82, 2.24) is 0 Å². The highest BCUT2D eigenvalue weighted by Gasteiger charge is 2.60. The number of aliphatic carboxylic acids is 1. The molecule has 0 radical (unpaired) electrons. The third-order valence-corrected chi connectivity index (χ3v) is 10.2. The quantitative estimate of drug-likeness (QED) is 0.604. The van der Waals surface area contributed by atoms with Crippen molar-refractivity contribution in [3.8, 4) is 0 Å². The van der Waals surface area contributed by atoms with Gasteiger partial charge in [-0.25, -0.2) is 0 Å². The summed E-state index contributed by atoms with van der Waals surface area (Å²) in [5, 5.41) is 19.3. The molecule has 3 nitrogen and oxygen atoms in total. The van der Waals surface area contributed by atoms with Crippen molar-refractivity contribution in [3.05, 3.63) is 0 Å².